The number of pyridine rings is 2. The molecular formula is C28H24BrN9O3. The Labute approximate surface area is 242 Å². The van der Waals surface area contributed by atoms with Crippen molar-refractivity contribution in [2.45, 2.75) is 45.8 Å². The SMILES string of the molecule is CC(=O)c1nn(CC(=O)N2[C@H](C(=O)Nc3nc(Br)ccc3C)C[C@@]3(C)C#C[C@@H]23)c2cnc(-c3cnc(N)nc3)cc12. The van der Waals surface area contributed by atoms with E-state index in [0.29, 0.717) is 39.0 Å². The number of rotatable bonds is 6. The Kier molecular flexibility index (Phi) is 6.30. The molecule has 1 aliphatic carbocycles. The maximum atomic E-state index is 13.8. The van der Waals surface area contributed by atoms with Crippen LogP contribution in [0, 0.1) is 24.2 Å². The number of nitrogen functional groups attached to an aromatic ring is 1. The summed E-state index contributed by atoms with van der Waals surface area (Å²) in [5, 5.41) is 7.88. The van der Waals surface area contributed by atoms with Gasteiger partial charge in [0.15, 0.2) is 5.78 Å². The van der Waals surface area contributed by atoms with Crippen molar-refractivity contribution in [3.63, 3.8) is 0 Å². The van der Waals surface area contributed by atoms with Crippen LogP contribution in [-0.2, 0) is 16.1 Å². The van der Waals surface area contributed by atoms with Gasteiger partial charge in [-0.05, 0) is 53.9 Å². The van der Waals surface area contributed by atoms with E-state index in [0.717, 1.165) is 5.56 Å². The molecule has 3 atom stereocenters. The third-order valence-electron chi connectivity index (χ3n) is 7.45. The molecule has 0 spiro atoms. The lowest BCUT2D eigenvalue weighted by atomic mass is 9.76. The minimum Gasteiger partial charge on any atom is -0.368 e. The number of anilines is 2. The van der Waals surface area contributed by atoms with E-state index in [2.05, 4.69) is 58.1 Å². The van der Waals surface area contributed by atoms with Gasteiger partial charge in [-0.3, -0.25) is 24.0 Å². The first kappa shape index (κ1) is 26.5. The van der Waals surface area contributed by atoms with Crippen molar-refractivity contribution in [2.24, 2.45) is 5.41 Å². The molecule has 13 heteroatoms. The molecule has 1 aliphatic heterocycles. The fourth-order valence-corrected chi connectivity index (χ4v) is 5.57. The maximum Gasteiger partial charge on any atom is 0.248 e. The van der Waals surface area contributed by atoms with Gasteiger partial charge in [0.25, 0.3) is 0 Å². The molecule has 5 heterocycles. The van der Waals surface area contributed by atoms with Crippen molar-refractivity contribution in [1.29, 1.82) is 0 Å². The number of fused-ring (bicyclic) bond motifs is 2. The van der Waals surface area contributed by atoms with Crippen LogP contribution in [0.15, 0.2) is 41.4 Å². The Bertz CT molecular complexity index is 1830. The van der Waals surface area contributed by atoms with Gasteiger partial charge in [0.2, 0.25) is 17.8 Å². The second-order valence-electron chi connectivity index (χ2n) is 10.4. The Balaban J connectivity index is 1.31. The predicted octanol–water partition coefficient (Wildman–Crippen LogP) is 2.77. The Morgan fingerprint density at radius 1 is 1.20 bits per heavy atom. The van der Waals surface area contributed by atoms with Crippen LogP contribution in [0.2, 0.25) is 0 Å². The number of nitrogens with two attached hydrogens (primary N) is 1. The third-order valence-corrected chi connectivity index (χ3v) is 7.89. The lowest BCUT2D eigenvalue weighted by Gasteiger charge is -2.34. The van der Waals surface area contributed by atoms with Gasteiger partial charge in [-0.15, -0.1) is 0 Å². The number of likely N-dealkylation sites (tertiary alicyclic amines) is 1. The molecule has 0 radical (unpaired) electrons. The topological polar surface area (TPSA) is 162 Å². The number of nitrogens with one attached hydrogen (secondary N) is 1. The molecule has 1 saturated heterocycles. The second-order valence-corrected chi connectivity index (χ2v) is 11.2. The van der Waals surface area contributed by atoms with E-state index in [9.17, 15) is 14.4 Å². The van der Waals surface area contributed by atoms with E-state index in [1.165, 1.54) is 28.9 Å². The highest BCUT2D eigenvalue weighted by molar-refractivity contribution is 9.10. The molecule has 4 aromatic rings. The predicted molar refractivity (Wildman–Crippen MR) is 153 cm³/mol. The lowest BCUT2D eigenvalue weighted by molar-refractivity contribution is -0.138. The van der Waals surface area contributed by atoms with Gasteiger partial charge in [-0.25, -0.2) is 15.0 Å². The summed E-state index contributed by atoms with van der Waals surface area (Å²) in [5.74, 6) is 5.78. The summed E-state index contributed by atoms with van der Waals surface area (Å²) < 4.78 is 2.03. The molecule has 206 valence electrons. The highest BCUT2D eigenvalue weighted by Gasteiger charge is 2.56. The summed E-state index contributed by atoms with van der Waals surface area (Å²) in [4.78, 5) is 58.2. The van der Waals surface area contributed by atoms with E-state index in [1.54, 1.807) is 18.3 Å². The van der Waals surface area contributed by atoms with Gasteiger partial charge >= 0.3 is 0 Å². The molecule has 2 amide bonds. The van der Waals surface area contributed by atoms with Gasteiger partial charge in [0.1, 0.15) is 34.7 Å². The zero-order valence-corrected chi connectivity index (χ0v) is 23.9. The van der Waals surface area contributed by atoms with Crippen molar-refractivity contribution < 1.29 is 14.4 Å². The zero-order valence-electron chi connectivity index (χ0n) is 22.3. The summed E-state index contributed by atoms with van der Waals surface area (Å²) >= 11 is 3.33. The van der Waals surface area contributed by atoms with Crippen LogP contribution in [0.1, 0.15) is 36.3 Å². The van der Waals surface area contributed by atoms with Gasteiger partial charge in [-0.2, -0.15) is 5.10 Å². The molecule has 12 nitrogen and oxygen atoms in total. The van der Waals surface area contributed by atoms with Crippen molar-refractivity contribution in [3.8, 4) is 23.1 Å². The summed E-state index contributed by atoms with van der Waals surface area (Å²) in [7, 11) is 0. The largest absolute Gasteiger partial charge is 0.368 e. The molecule has 3 N–H and O–H groups in total. The van der Waals surface area contributed by atoms with E-state index in [-0.39, 0.29) is 35.8 Å². The fraction of sp³-hybridized carbons (Fsp3) is 0.286. The van der Waals surface area contributed by atoms with Crippen LogP contribution < -0.4 is 11.1 Å². The number of aromatic nitrogens is 6. The lowest BCUT2D eigenvalue weighted by Crippen LogP contribution is -2.50. The Hall–Kier alpha value is -4.70. The molecule has 2 aliphatic rings. The quantitative estimate of drug-likeness (QED) is 0.189. The normalized spacial score (nSPS) is 20.6. The molecule has 0 bridgehead atoms. The van der Waals surface area contributed by atoms with Crippen LogP contribution in [0.5, 0.6) is 0 Å². The molecule has 41 heavy (non-hydrogen) atoms. The molecule has 4 aromatic heterocycles. The van der Waals surface area contributed by atoms with E-state index < -0.39 is 17.5 Å². The summed E-state index contributed by atoms with van der Waals surface area (Å²) in [6, 6.07) is 4.16. The standard InChI is InChI=1S/C28H24BrN9O3/c1-14-4-5-22(29)34-25(14)35-26(41)19-9-28(3)7-6-21(28)38(19)23(40)13-37-20-12-31-18(16-10-32-27(30)33-11-16)8-17(20)24(36-37)15(2)39/h4-5,8,10-12,19,21H,9,13H2,1-3H3,(H2,30,32,33)(H,34,35,41)/t19-,21+,28+/m0/s1. The maximum absolute atomic E-state index is 13.8. The fourth-order valence-electron chi connectivity index (χ4n) is 5.26. The first-order valence-corrected chi connectivity index (χ1v) is 13.6. The van der Waals surface area contributed by atoms with Gasteiger partial charge in [-0.1, -0.05) is 17.9 Å². The summed E-state index contributed by atoms with van der Waals surface area (Å²) in [6.07, 6.45) is 5.02. The van der Waals surface area contributed by atoms with Gasteiger partial charge in [0.05, 0.1) is 22.8 Å². The molecule has 0 aromatic carbocycles. The molecule has 1 fully saturated rings. The van der Waals surface area contributed by atoms with Crippen LogP contribution in [-0.4, -0.2) is 64.3 Å². The monoisotopic (exact) mass is 613 g/mol. The number of carbonyl (C=O) groups excluding carboxylic acids is 3. The minimum absolute atomic E-state index is 0.134. The number of hydrogen-bond acceptors (Lipinski definition) is 9. The average Bonchev–Trinajstić information content (AvgIpc) is 3.39. The Morgan fingerprint density at radius 2 is 1.95 bits per heavy atom. The molecule has 0 saturated carbocycles. The second kappa shape index (κ2) is 9.74. The van der Waals surface area contributed by atoms with E-state index >= 15 is 0 Å². The zero-order chi connectivity index (χ0) is 29.1. The number of Topliss-reactive ketones (excluding diaryl/α,β-unsaturated/α-hetero) is 1. The molecule has 0 unspecified atom stereocenters. The average molecular weight is 614 g/mol. The van der Waals surface area contributed by atoms with E-state index in [4.69, 9.17) is 5.73 Å². The van der Waals surface area contributed by atoms with Crippen LogP contribution >= 0.6 is 15.9 Å². The summed E-state index contributed by atoms with van der Waals surface area (Å²) in [5.41, 5.74) is 7.74. The number of hydrogen-bond donors (Lipinski definition) is 2. The number of carbonyl (C=O) groups is 3. The molecular weight excluding hydrogens is 590 g/mol. The van der Waals surface area contributed by atoms with Gasteiger partial charge < -0.3 is 16.0 Å². The highest BCUT2D eigenvalue weighted by atomic mass is 79.9. The smallest absolute Gasteiger partial charge is 0.248 e. The number of nitrogens with zero attached hydrogens (tertiary/aromatic N) is 7. The number of aryl methyl sites for hydroxylation is 1. The van der Waals surface area contributed by atoms with Crippen molar-refractivity contribution in [1.82, 2.24) is 34.6 Å². The number of ketones is 1. The van der Waals surface area contributed by atoms with Crippen molar-refractivity contribution in [2.75, 3.05) is 11.1 Å². The first-order chi connectivity index (χ1) is 19.5. The first-order valence-electron chi connectivity index (χ1n) is 12.8. The van der Waals surface area contributed by atoms with Crippen molar-refractivity contribution >= 4 is 56.2 Å². The highest BCUT2D eigenvalue weighted by Crippen LogP contribution is 2.45. The number of amides is 2. The van der Waals surface area contributed by atoms with Crippen LogP contribution in [0.25, 0.3) is 22.2 Å². The number of halogens is 1. The van der Waals surface area contributed by atoms with E-state index in [1.807, 2.05) is 19.9 Å². The van der Waals surface area contributed by atoms with Crippen LogP contribution in [0.3, 0.4) is 0 Å². The van der Waals surface area contributed by atoms with Crippen LogP contribution in [0.4, 0.5) is 11.8 Å². The Morgan fingerprint density at radius 3 is 2.63 bits per heavy atom. The minimum atomic E-state index is -0.774. The van der Waals surface area contributed by atoms with Gasteiger partial charge in [0, 0.05) is 30.3 Å². The van der Waals surface area contributed by atoms with Crippen molar-refractivity contribution in [3.05, 3.63) is 52.7 Å². The summed E-state index contributed by atoms with van der Waals surface area (Å²) in [6.45, 7) is 5.00. The molecule has 6 rings (SSSR count). The third kappa shape index (κ3) is 4.59.